The van der Waals surface area contributed by atoms with Crippen LogP contribution >= 0.6 is 0 Å². The van der Waals surface area contributed by atoms with Gasteiger partial charge in [-0.2, -0.15) is 0 Å². The first kappa shape index (κ1) is 14.4. The van der Waals surface area contributed by atoms with E-state index in [1.165, 1.54) is 30.3 Å². The zero-order valence-corrected chi connectivity index (χ0v) is 10.5. The number of sulfone groups is 1. The van der Waals surface area contributed by atoms with Crippen molar-refractivity contribution in [2.45, 2.75) is 4.90 Å². The molecule has 0 saturated carbocycles. The molecule has 18 heavy (non-hydrogen) atoms. The lowest BCUT2D eigenvalue weighted by molar-refractivity contribution is 0.0696. The van der Waals surface area contributed by atoms with Gasteiger partial charge >= 0.3 is 5.97 Å². The summed E-state index contributed by atoms with van der Waals surface area (Å²) < 4.78 is 28.7. The molecular weight excluding hydrogens is 256 g/mol. The second kappa shape index (κ2) is 6.32. The summed E-state index contributed by atoms with van der Waals surface area (Å²) >= 11 is 0. The average molecular weight is 270 g/mol. The van der Waals surface area contributed by atoms with Gasteiger partial charge in [-0.1, -0.05) is 6.08 Å². The first-order valence-corrected chi connectivity index (χ1v) is 6.87. The molecule has 0 amide bonds. The first-order chi connectivity index (χ1) is 8.47. The Bertz CT molecular complexity index is 516. The van der Waals surface area contributed by atoms with Crippen LogP contribution in [0.5, 0.6) is 0 Å². The van der Waals surface area contributed by atoms with E-state index in [0.29, 0.717) is 6.61 Å². The fourth-order valence-corrected chi connectivity index (χ4v) is 2.38. The maximum atomic E-state index is 11.8. The van der Waals surface area contributed by atoms with E-state index in [2.05, 4.69) is 6.58 Å². The van der Waals surface area contributed by atoms with Crippen LogP contribution in [0.3, 0.4) is 0 Å². The second-order valence-corrected chi connectivity index (χ2v) is 5.62. The highest BCUT2D eigenvalue weighted by Crippen LogP contribution is 2.12. The van der Waals surface area contributed by atoms with Gasteiger partial charge in [0, 0.05) is 0 Å². The van der Waals surface area contributed by atoms with E-state index < -0.39 is 15.8 Å². The third kappa shape index (κ3) is 3.97. The van der Waals surface area contributed by atoms with Crippen molar-refractivity contribution in [1.82, 2.24) is 0 Å². The van der Waals surface area contributed by atoms with E-state index >= 15 is 0 Å². The number of ether oxygens (including phenoxy) is 1. The standard InChI is InChI=1S/C12H14O5S/c1-2-7-17-8-9-18(15,16)11-5-3-10(4-6-11)12(13)14/h2-6H,1,7-9H2,(H,13,14). The monoisotopic (exact) mass is 270 g/mol. The van der Waals surface area contributed by atoms with Gasteiger partial charge in [0.25, 0.3) is 0 Å². The van der Waals surface area contributed by atoms with Crippen molar-refractivity contribution in [1.29, 1.82) is 0 Å². The number of carbonyl (C=O) groups is 1. The molecule has 0 unspecified atom stereocenters. The Balaban J connectivity index is 2.72. The molecule has 98 valence electrons. The van der Waals surface area contributed by atoms with Crippen molar-refractivity contribution >= 4 is 15.8 Å². The molecule has 0 aliphatic heterocycles. The average Bonchev–Trinajstić information content (AvgIpc) is 2.35. The third-order valence-electron chi connectivity index (χ3n) is 2.19. The SMILES string of the molecule is C=CCOCCS(=O)(=O)c1ccc(C(=O)O)cc1. The van der Waals surface area contributed by atoms with E-state index in [1.54, 1.807) is 0 Å². The van der Waals surface area contributed by atoms with Crippen molar-refractivity contribution in [2.24, 2.45) is 0 Å². The molecule has 0 aromatic heterocycles. The topological polar surface area (TPSA) is 80.7 Å². The molecule has 0 aliphatic rings. The summed E-state index contributed by atoms with van der Waals surface area (Å²) in [5.74, 6) is -1.24. The van der Waals surface area contributed by atoms with Gasteiger partial charge in [0.15, 0.2) is 9.84 Å². The van der Waals surface area contributed by atoms with Crippen molar-refractivity contribution in [3.8, 4) is 0 Å². The van der Waals surface area contributed by atoms with Gasteiger partial charge in [-0.3, -0.25) is 0 Å². The van der Waals surface area contributed by atoms with Crippen LogP contribution in [0.1, 0.15) is 10.4 Å². The van der Waals surface area contributed by atoms with E-state index in [1.807, 2.05) is 0 Å². The van der Waals surface area contributed by atoms with E-state index in [-0.39, 0.29) is 22.8 Å². The van der Waals surface area contributed by atoms with Crippen LogP contribution in [-0.2, 0) is 14.6 Å². The lowest BCUT2D eigenvalue weighted by atomic mass is 10.2. The number of hydrogen-bond acceptors (Lipinski definition) is 4. The number of hydrogen-bond donors (Lipinski definition) is 1. The zero-order chi connectivity index (χ0) is 13.6. The summed E-state index contributed by atoms with van der Waals surface area (Å²) in [4.78, 5) is 10.7. The van der Waals surface area contributed by atoms with Crippen molar-refractivity contribution in [2.75, 3.05) is 19.0 Å². The lowest BCUT2D eigenvalue weighted by Gasteiger charge is -2.05. The molecule has 1 aromatic rings. The van der Waals surface area contributed by atoms with Crippen molar-refractivity contribution < 1.29 is 23.1 Å². The molecule has 0 bridgehead atoms. The maximum Gasteiger partial charge on any atom is 0.335 e. The third-order valence-corrected chi connectivity index (χ3v) is 3.89. The molecule has 0 aliphatic carbocycles. The van der Waals surface area contributed by atoms with Gasteiger partial charge in [-0.15, -0.1) is 6.58 Å². The summed E-state index contributed by atoms with van der Waals surface area (Å²) in [6.07, 6.45) is 1.54. The quantitative estimate of drug-likeness (QED) is 0.597. The molecule has 1 N–H and O–H groups in total. The molecule has 6 heteroatoms. The van der Waals surface area contributed by atoms with Crippen molar-refractivity contribution in [3.05, 3.63) is 42.5 Å². The van der Waals surface area contributed by atoms with E-state index in [0.717, 1.165) is 0 Å². The molecule has 0 heterocycles. The van der Waals surface area contributed by atoms with Gasteiger partial charge < -0.3 is 9.84 Å². The number of rotatable bonds is 7. The van der Waals surface area contributed by atoms with E-state index in [9.17, 15) is 13.2 Å². The molecule has 0 fully saturated rings. The largest absolute Gasteiger partial charge is 0.478 e. The normalized spacial score (nSPS) is 11.1. The van der Waals surface area contributed by atoms with Gasteiger partial charge in [-0.05, 0) is 24.3 Å². The molecule has 1 aromatic carbocycles. The zero-order valence-electron chi connectivity index (χ0n) is 9.70. The minimum absolute atomic E-state index is 0.0526. The first-order valence-electron chi connectivity index (χ1n) is 5.22. The van der Waals surface area contributed by atoms with Crippen LogP contribution in [0, 0.1) is 0 Å². The Kier molecular flexibility index (Phi) is 5.06. The maximum absolute atomic E-state index is 11.8. The molecule has 1 rings (SSSR count). The Labute approximate surface area is 106 Å². The fourth-order valence-electron chi connectivity index (χ4n) is 1.26. The van der Waals surface area contributed by atoms with Crippen LogP contribution in [-0.4, -0.2) is 38.5 Å². The fraction of sp³-hybridized carbons (Fsp3) is 0.250. The predicted molar refractivity (Wildman–Crippen MR) is 66.5 cm³/mol. The molecule has 0 saturated heterocycles. The van der Waals surface area contributed by atoms with Gasteiger partial charge in [0.05, 0.1) is 29.4 Å². The molecule has 0 atom stereocenters. The van der Waals surface area contributed by atoms with Gasteiger partial charge in [0.1, 0.15) is 0 Å². The number of carboxylic acid groups (broad SMARTS) is 1. The minimum atomic E-state index is -3.44. The molecule has 5 nitrogen and oxygen atoms in total. The van der Waals surface area contributed by atoms with Gasteiger partial charge in [0.2, 0.25) is 0 Å². The molecule has 0 radical (unpaired) electrons. The van der Waals surface area contributed by atoms with Gasteiger partial charge in [-0.25, -0.2) is 13.2 Å². The molecule has 0 spiro atoms. The summed E-state index contributed by atoms with van der Waals surface area (Å²) in [6.45, 7) is 3.83. The highest BCUT2D eigenvalue weighted by molar-refractivity contribution is 7.91. The Morgan fingerprint density at radius 3 is 2.44 bits per heavy atom. The summed E-state index contributed by atoms with van der Waals surface area (Å²) in [5, 5.41) is 8.70. The Hall–Kier alpha value is -1.66. The minimum Gasteiger partial charge on any atom is -0.478 e. The molecular formula is C12H14O5S. The highest BCUT2D eigenvalue weighted by atomic mass is 32.2. The van der Waals surface area contributed by atoms with Crippen LogP contribution in [0.2, 0.25) is 0 Å². The van der Waals surface area contributed by atoms with Crippen LogP contribution < -0.4 is 0 Å². The number of carboxylic acids is 1. The van der Waals surface area contributed by atoms with Crippen LogP contribution in [0.4, 0.5) is 0 Å². The van der Waals surface area contributed by atoms with Crippen molar-refractivity contribution in [3.63, 3.8) is 0 Å². The number of benzene rings is 1. The summed E-state index contributed by atoms with van der Waals surface area (Å²) in [6, 6.07) is 5.10. The number of aromatic carboxylic acids is 1. The lowest BCUT2D eigenvalue weighted by Crippen LogP contribution is -2.12. The summed E-state index contributed by atoms with van der Waals surface area (Å²) in [5.41, 5.74) is 0.0526. The predicted octanol–water partition coefficient (Wildman–Crippen LogP) is 1.36. The Morgan fingerprint density at radius 1 is 1.33 bits per heavy atom. The summed E-state index contributed by atoms with van der Waals surface area (Å²) in [7, 11) is -3.44. The smallest absolute Gasteiger partial charge is 0.335 e. The van der Waals surface area contributed by atoms with E-state index in [4.69, 9.17) is 9.84 Å². The van der Waals surface area contributed by atoms with Crippen LogP contribution in [0.15, 0.2) is 41.8 Å². The highest BCUT2D eigenvalue weighted by Gasteiger charge is 2.14. The van der Waals surface area contributed by atoms with Crippen LogP contribution in [0.25, 0.3) is 0 Å². The Morgan fingerprint density at radius 2 is 1.94 bits per heavy atom. The second-order valence-electron chi connectivity index (χ2n) is 3.51.